The van der Waals surface area contributed by atoms with Crippen LogP contribution in [0.1, 0.15) is 39.0 Å². The average molecular weight is 242 g/mol. The molecule has 4 heteroatoms. The largest absolute Gasteiger partial charge is 0.352 e. The van der Waals surface area contributed by atoms with Gasteiger partial charge in [-0.15, -0.1) is 11.8 Å². The van der Waals surface area contributed by atoms with E-state index in [1.54, 1.807) is 11.8 Å². The van der Waals surface area contributed by atoms with Gasteiger partial charge < -0.3 is 5.32 Å². The normalized spacial score (nSPS) is 28.9. The van der Waals surface area contributed by atoms with Gasteiger partial charge in [-0.05, 0) is 25.7 Å². The van der Waals surface area contributed by atoms with Gasteiger partial charge in [-0.25, -0.2) is 0 Å². The first-order valence-electron chi connectivity index (χ1n) is 6.39. The average Bonchev–Trinajstić information content (AvgIpc) is 2.83. The lowest BCUT2D eigenvalue weighted by Gasteiger charge is -2.29. The Balaban J connectivity index is 1.76. The van der Waals surface area contributed by atoms with Gasteiger partial charge in [0.1, 0.15) is 0 Å². The molecule has 1 aliphatic carbocycles. The van der Waals surface area contributed by atoms with E-state index in [2.05, 4.69) is 17.6 Å². The van der Waals surface area contributed by atoms with Gasteiger partial charge in [-0.2, -0.15) is 0 Å². The first-order valence-corrected chi connectivity index (χ1v) is 7.54. The molecule has 3 nitrogen and oxygen atoms in total. The van der Waals surface area contributed by atoms with Crippen molar-refractivity contribution in [2.24, 2.45) is 5.92 Å². The molecule has 1 saturated carbocycles. The third-order valence-corrected chi connectivity index (χ3v) is 4.70. The Bertz CT molecular complexity index is 235. The highest BCUT2D eigenvalue weighted by Gasteiger charge is 2.26. The van der Waals surface area contributed by atoms with Gasteiger partial charge in [0, 0.05) is 17.7 Å². The number of hydrogen-bond acceptors (Lipinski definition) is 3. The number of carbonyl (C=O) groups excluding carboxylic acids is 1. The van der Waals surface area contributed by atoms with Crippen LogP contribution in [0.3, 0.4) is 0 Å². The Morgan fingerprint density at radius 3 is 2.75 bits per heavy atom. The van der Waals surface area contributed by atoms with Crippen molar-refractivity contribution < 1.29 is 4.79 Å². The summed E-state index contributed by atoms with van der Waals surface area (Å²) in [6.45, 7) is 2.16. The smallest absolute Gasteiger partial charge is 0.238 e. The Hall–Kier alpha value is -0.220. The van der Waals surface area contributed by atoms with Crippen LogP contribution in [0.4, 0.5) is 0 Å². The van der Waals surface area contributed by atoms with Crippen LogP contribution >= 0.6 is 11.8 Å². The van der Waals surface area contributed by atoms with Gasteiger partial charge in [0.15, 0.2) is 0 Å². The molecular formula is C12H22N2OS. The molecule has 2 fully saturated rings. The van der Waals surface area contributed by atoms with Gasteiger partial charge in [0.2, 0.25) is 5.91 Å². The monoisotopic (exact) mass is 242 g/mol. The van der Waals surface area contributed by atoms with Crippen LogP contribution in [0.5, 0.6) is 0 Å². The highest BCUT2D eigenvalue weighted by atomic mass is 32.2. The summed E-state index contributed by atoms with van der Waals surface area (Å²) in [6.07, 6.45) is 6.62. The number of rotatable bonds is 3. The van der Waals surface area contributed by atoms with E-state index in [1.165, 1.54) is 32.1 Å². The zero-order valence-electron chi connectivity index (χ0n) is 10.00. The molecule has 1 aliphatic heterocycles. The molecule has 0 radical (unpaired) electrons. The van der Waals surface area contributed by atoms with Crippen molar-refractivity contribution in [2.75, 3.05) is 11.6 Å². The molecule has 0 bridgehead atoms. The van der Waals surface area contributed by atoms with E-state index < -0.39 is 0 Å². The topological polar surface area (TPSA) is 41.1 Å². The van der Waals surface area contributed by atoms with E-state index in [4.69, 9.17) is 0 Å². The van der Waals surface area contributed by atoms with Crippen LogP contribution in [0.2, 0.25) is 0 Å². The maximum Gasteiger partial charge on any atom is 0.238 e. The molecule has 1 saturated heterocycles. The molecule has 1 unspecified atom stereocenters. The number of nitrogens with one attached hydrogen (secondary N) is 2. The minimum absolute atomic E-state index is 0.0380. The van der Waals surface area contributed by atoms with Crippen LogP contribution in [-0.2, 0) is 4.79 Å². The molecule has 2 N–H and O–H groups in total. The molecule has 16 heavy (non-hydrogen) atoms. The van der Waals surface area contributed by atoms with E-state index in [1.807, 2.05) is 0 Å². The van der Waals surface area contributed by atoms with E-state index in [9.17, 15) is 4.79 Å². The lowest BCUT2D eigenvalue weighted by atomic mass is 9.84. The molecule has 1 amide bonds. The zero-order valence-corrected chi connectivity index (χ0v) is 10.8. The minimum atomic E-state index is 0.0380. The minimum Gasteiger partial charge on any atom is -0.352 e. The molecule has 0 spiro atoms. The second-order valence-corrected chi connectivity index (χ2v) is 6.00. The van der Waals surface area contributed by atoms with Crippen LogP contribution in [0.25, 0.3) is 0 Å². The Morgan fingerprint density at radius 2 is 2.12 bits per heavy atom. The van der Waals surface area contributed by atoms with Crippen molar-refractivity contribution >= 4 is 17.7 Å². The summed E-state index contributed by atoms with van der Waals surface area (Å²) < 4.78 is 0. The fraction of sp³-hybridized carbons (Fsp3) is 0.917. The Labute approximate surface area is 102 Å². The summed E-state index contributed by atoms with van der Waals surface area (Å²) in [7, 11) is 0. The second kappa shape index (κ2) is 5.92. The van der Waals surface area contributed by atoms with E-state index >= 15 is 0 Å². The van der Waals surface area contributed by atoms with Crippen molar-refractivity contribution in [3.8, 4) is 0 Å². The van der Waals surface area contributed by atoms with E-state index in [0.29, 0.717) is 12.0 Å². The molecule has 1 heterocycles. The van der Waals surface area contributed by atoms with Crippen molar-refractivity contribution in [1.29, 1.82) is 0 Å². The summed E-state index contributed by atoms with van der Waals surface area (Å²) in [5.74, 6) is 2.73. The molecule has 0 aromatic rings. The maximum absolute atomic E-state index is 11.9. The van der Waals surface area contributed by atoms with Gasteiger partial charge in [-0.3, -0.25) is 10.1 Å². The highest BCUT2D eigenvalue weighted by Crippen LogP contribution is 2.26. The first-order chi connectivity index (χ1) is 7.77. The zero-order chi connectivity index (χ0) is 11.4. The number of amides is 1. The molecule has 2 aliphatic rings. The summed E-state index contributed by atoms with van der Waals surface area (Å²) in [5.41, 5.74) is 0. The number of hydrogen-bond donors (Lipinski definition) is 2. The molecule has 2 atom stereocenters. The lowest BCUT2D eigenvalue weighted by Crippen LogP contribution is -2.47. The molecular weight excluding hydrogens is 220 g/mol. The second-order valence-electron chi connectivity index (χ2n) is 4.97. The SMILES string of the molecule is C[C@@H](NC(=O)C1CSCN1)C1CCCCC1. The van der Waals surface area contributed by atoms with Crippen molar-refractivity contribution in [2.45, 2.75) is 51.1 Å². The van der Waals surface area contributed by atoms with Crippen molar-refractivity contribution in [3.63, 3.8) is 0 Å². The fourth-order valence-electron chi connectivity index (χ4n) is 2.64. The van der Waals surface area contributed by atoms with Crippen molar-refractivity contribution in [3.05, 3.63) is 0 Å². The maximum atomic E-state index is 11.9. The predicted octanol–water partition coefficient (Wildman–Crippen LogP) is 1.73. The predicted molar refractivity (Wildman–Crippen MR) is 68.4 cm³/mol. The van der Waals surface area contributed by atoms with Gasteiger partial charge >= 0.3 is 0 Å². The van der Waals surface area contributed by atoms with Gasteiger partial charge in [0.05, 0.1) is 6.04 Å². The third kappa shape index (κ3) is 3.14. The Morgan fingerprint density at radius 1 is 1.38 bits per heavy atom. The fourth-order valence-corrected chi connectivity index (χ4v) is 3.58. The summed E-state index contributed by atoms with van der Waals surface area (Å²) in [5, 5.41) is 6.39. The van der Waals surface area contributed by atoms with Crippen molar-refractivity contribution in [1.82, 2.24) is 10.6 Å². The van der Waals surface area contributed by atoms with Crippen LogP contribution in [0.15, 0.2) is 0 Å². The third-order valence-electron chi connectivity index (χ3n) is 3.76. The first kappa shape index (κ1) is 12.2. The molecule has 2 rings (SSSR count). The van der Waals surface area contributed by atoms with E-state index in [0.717, 1.165) is 11.6 Å². The van der Waals surface area contributed by atoms with Crippen LogP contribution < -0.4 is 10.6 Å². The molecule has 0 aromatic carbocycles. The summed E-state index contributed by atoms with van der Waals surface area (Å²) in [6, 6.07) is 0.385. The van der Waals surface area contributed by atoms with Crippen LogP contribution in [-0.4, -0.2) is 29.6 Å². The standard InChI is InChI=1S/C12H22N2OS/c1-9(10-5-3-2-4-6-10)14-12(15)11-7-16-8-13-11/h9-11,13H,2-8H2,1H3,(H,14,15)/t9-,11?/m1/s1. The molecule has 0 aromatic heterocycles. The summed E-state index contributed by atoms with van der Waals surface area (Å²) in [4.78, 5) is 11.9. The number of thioether (sulfide) groups is 1. The molecule has 92 valence electrons. The highest BCUT2D eigenvalue weighted by molar-refractivity contribution is 7.99. The van der Waals surface area contributed by atoms with Crippen LogP contribution in [0, 0.1) is 5.92 Å². The Kier molecular flexibility index (Phi) is 4.53. The lowest BCUT2D eigenvalue weighted by molar-refractivity contribution is -0.123. The summed E-state index contributed by atoms with van der Waals surface area (Å²) >= 11 is 1.80. The van der Waals surface area contributed by atoms with Gasteiger partial charge in [0.25, 0.3) is 0 Å². The van der Waals surface area contributed by atoms with E-state index in [-0.39, 0.29) is 11.9 Å². The van der Waals surface area contributed by atoms with Gasteiger partial charge in [-0.1, -0.05) is 19.3 Å². The quantitative estimate of drug-likeness (QED) is 0.792. The number of carbonyl (C=O) groups is 1.